The number of hydrogen-bond acceptors (Lipinski definition) is 4. The van der Waals surface area contributed by atoms with E-state index in [1.165, 1.54) is 0 Å². The summed E-state index contributed by atoms with van der Waals surface area (Å²) in [5.41, 5.74) is 2.02. The third-order valence-corrected chi connectivity index (χ3v) is 3.47. The molecule has 0 saturated heterocycles. The van der Waals surface area contributed by atoms with E-state index in [1.54, 1.807) is 6.20 Å². The maximum atomic E-state index is 12.1. The summed E-state index contributed by atoms with van der Waals surface area (Å²) in [6.07, 6.45) is 4.65. The summed E-state index contributed by atoms with van der Waals surface area (Å²) in [6.45, 7) is 2.23. The minimum Gasteiger partial charge on any atom is -0.454 e. The highest BCUT2D eigenvalue weighted by atomic mass is 16.7. The van der Waals surface area contributed by atoms with Crippen LogP contribution in [0.4, 0.5) is 0 Å². The van der Waals surface area contributed by atoms with E-state index in [1.807, 2.05) is 43.5 Å². The van der Waals surface area contributed by atoms with Crippen molar-refractivity contribution in [2.45, 2.75) is 25.8 Å². The number of fused-ring (bicyclic) bond motifs is 1. The van der Waals surface area contributed by atoms with Gasteiger partial charge in [0.1, 0.15) is 0 Å². The Balaban J connectivity index is 1.54. The van der Waals surface area contributed by atoms with Crippen LogP contribution in [0.3, 0.4) is 0 Å². The first-order valence-corrected chi connectivity index (χ1v) is 7.27. The minimum atomic E-state index is -0.00439. The number of carbonyl (C=O) groups is 1. The highest BCUT2D eigenvalue weighted by Crippen LogP contribution is 2.32. The van der Waals surface area contributed by atoms with Gasteiger partial charge in [-0.15, -0.1) is 0 Å². The van der Waals surface area contributed by atoms with E-state index in [2.05, 4.69) is 10.3 Å². The highest BCUT2D eigenvalue weighted by Gasteiger charge is 2.15. The Kier molecular flexibility index (Phi) is 4.23. The fourth-order valence-corrected chi connectivity index (χ4v) is 2.49. The van der Waals surface area contributed by atoms with Crippen LogP contribution in [-0.2, 0) is 17.6 Å². The van der Waals surface area contributed by atoms with Crippen molar-refractivity contribution in [2.24, 2.45) is 0 Å². The number of amides is 1. The zero-order chi connectivity index (χ0) is 15.4. The van der Waals surface area contributed by atoms with Gasteiger partial charge in [-0.1, -0.05) is 12.1 Å². The second kappa shape index (κ2) is 6.47. The Morgan fingerprint density at radius 2 is 2.14 bits per heavy atom. The molecule has 0 saturated carbocycles. The van der Waals surface area contributed by atoms with E-state index in [4.69, 9.17) is 9.47 Å². The first-order valence-electron chi connectivity index (χ1n) is 7.27. The predicted molar refractivity (Wildman–Crippen MR) is 81.8 cm³/mol. The molecule has 0 fully saturated rings. The highest BCUT2D eigenvalue weighted by molar-refractivity contribution is 5.79. The van der Waals surface area contributed by atoms with Gasteiger partial charge in [0, 0.05) is 18.4 Å². The van der Waals surface area contributed by atoms with Crippen molar-refractivity contribution in [3.63, 3.8) is 0 Å². The second-order valence-corrected chi connectivity index (χ2v) is 5.40. The Morgan fingerprint density at radius 1 is 1.27 bits per heavy atom. The lowest BCUT2D eigenvalue weighted by molar-refractivity contribution is -0.121. The van der Waals surface area contributed by atoms with E-state index >= 15 is 0 Å². The summed E-state index contributed by atoms with van der Waals surface area (Å²) in [5.74, 6) is 1.43. The third kappa shape index (κ3) is 3.55. The lowest BCUT2D eigenvalue weighted by atomic mass is 10.1. The molecule has 2 heterocycles. The van der Waals surface area contributed by atoms with E-state index < -0.39 is 0 Å². The fourth-order valence-electron chi connectivity index (χ4n) is 2.49. The number of pyridine rings is 1. The van der Waals surface area contributed by atoms with Gasteiger partial charge in [-0.05, 0) is 42.7 Å². The van der Waals surface area contributed by atoms with Gasteiger partial charge in [-0.2, -0.15) is 0 Å². The molecular weight excluding hydrogens is 280 g/mol. The van der Waals surface area contributed by atoms with Crippen molar-refractivity contribution in [3.8, 4) is 11.5 Å². The number of hydrogen-bond donors (Lipinski definition) is 1. The molecule has 1 amide bonds. The third-order valence-electron chi connectivity index (χ3n) is 3.47. The van der Waals surface area contributed by atoms with Crippen LogP contribution in [-0.4, -0.2) is 23.7 Å². The lowest BCUT2D eigenvalue weighted by Gasteiger charge is -2.14. The summed E-state index contributed by atoms with van der Waals surface area (Å²) in [5, 5.41) is 3.01. The lowest BCUT2D eigenvalue weighted by Crippen LogP contribution is -2.35. The molecule has 1 aliphatic rings. The van der Waals surface area contributed by atoms with Crippen LogP contribution in [0.25, 0.3) is 0 Å². The van der Waals surface area contributed by atoms with Crippen molar-refractivity contribution >= 4 is 5.91 Å². The van der Waals surface area contributed by atoms with Crippen LogP contribution in [0.15, 0.2) is 42.7 Å². The molecular formula is C17H18N2O3. The zero-order valence-electron chi connectivity index (χ0n) is 12.4. The van der Waals surface area contributed by atoms with Crippen molar-refractivity contribution in [1.82, 2.24) is 10.3 Å². The smallest absolute Gasteiger partial charge is 0.231 e. The molecule has 0 spiro atoms. The van der Waals surface area contributed by atoms with Gasteiger partial charge in [0.25, 0.3) is 0 Å². The van der Waals surface area contributed by atoms with Crippen LogP contribution in [0, 0.1) is 0 Å². The van der Waals surface area contributed by atoms with Gasteiger partial charge < -0.3 is 14.8 Å². The number of benzene rings is 1. The molecule has 5 nitrogen and oxygen atoms in total. The Labute approximate surface area is 129 Å². The summed E-state index contributed by atoms with van der Waals surface area (Å²) in [7, 11) is 0. The van der Waals surface area contributed by atoms with Gasteiger partial charge in [0.15, 0.2) is 11.5 Å². The maximum absolute atomic E-state index is 12.1. The number of nitrogens with zero attached hydrogens (tertiary/aromatic N) is 1. The van der Waals surface area contributed by atoms with Crippen LogP contribution in [0.1, 0.15) is 18.1 Å². The van der Waals surface area contributed by atoms with Crippen molar-refractivity contribution in [3.05, 3.63) is 53.9 Å². The van der Waals surface area contributed by atoms with Crippen molar-refractivity contribution in [1.29, 1.82) is 0 Å². The first-order chi connectivity index (χ1) is 10.7. The molecule has 114 valence electrons. The van der Waals surface area contributed by atoms with Crippen molar-refractivity contribution < 1.29 is 14.3 Å². The molecule has 5 heteroatoms. The maximum Gasteiger partial charge on any atom is 0.231 e. The van der Waals surface area contributed by atoms with E-state index in [9.17, 15) is 4.79 Å². The molecule has 2 aromatic rings. The molecule has 0 unspecified atom stereocenters. The quantitative estimate of drug-likeness (QED) is 0.918. The standard InChI is InChI=1S/C17H18N2O3/c1-12(7-14-3-2-6-18-10-14)19-17(20)9-13-4-5-15-16(8-13)22-11-21-15/h2-6,8,10,12H,7,9,11H2,1H3,(H,19,20)/t12-/m1/s1. The van der Waals surface area contributed by atoms with Gasteiger partial charge >= 0.3 is 0 Å². The van der Waals surface area contributed by atoms with Crippen LogP contribution in [0.5, 0.6) is 11.5 Å². The fraction of sp³-hybridized carbons (Fsp3) is 0.294. The van der Waals surface area contributed by atoms with Gasteiger partial charge in [-0.3, -0.25) is 9.78 Å². The van der Waals surface area contributed by atoms with E-state index in [0.29, 0.717) is 12.2 Å². The molecule has 22 heavy (non-hydrogen) atoms. The Bertz CT molecular complexity index is 658. The molecule has 1 aromatic heterocycles. The van der Waals surface area contributed by atoms with Crippen LogP contribution >= 0.6 is 0 Å². The normalized spacial score (nSPS) is 13.7. The predicted octanol–water partition coefficient (Wildman–Crippen LogP) is 2.10. The number of rotatable bonds is 5. The SMILES string of the molecule is C[C@H](Cc1cccnc1)NC(=O)Cc1ccc2c(c1)OCO2. The number of nitrogens with one attached hydrogen (secondary N) is 1. The molecule has 1 aliphatic heterocycles. The summed E-state index contributed by atoms with van der Waals surface area (Å²) < 4.78 is 10.6. The van der Waals surface area contributed by atoms with E-state index in [-0.39, 0.29) is 18.7 Å². The van der Waals surface area contributed by atoms with E-state index in [0.717, 1.165) is 23.3 Å². The summed E-state index contributed by atoms with van der Waals surface area (Å²) in [6, 6.07) is 9.55. The second-order valence-electron chi connectivity index (χ2n) is 5.40. The summed E-state index contributed by atoms with van der Waals surface area (Å²) >= 11 is 0. The monoisotopic (exact) mass is 298 g/mol. The van der Waals surface area contributed by atoms with Crippen molar-refractivity contribution in [2.75, 3.05) is 6.79 Å². The molecule has 1 aromatic carbocycles. The molecule has 0 radical (unpaired) electrons. The Hall–Kier alpha value is -2.56. The number of aromatic nitrogens is 1. The number of ether oxygens (including phenoxy) is 2. The topological polar surface area (TPSA) is 60.5 Å². The van der Waals surface area contributed by atoms with Gasteiger partial charge in [-0.25, -0.2) is 0 Å². The minimum absolute atomic E-state index is 0.00439. The van der Waals surface area contributed by atoms with Crippen LogP contribution < -0.4 is 14.8 Å². The molecule has 3 rings (SSSR count). The molecule has 0 bridgehead atoms. The molecule has 1 atom stereocenters. The largest absolute Gasteiger partial charge is 0.454 e. The molecule has 1 N–H and O–H groups in total. The average Bonchev–Trinajstić information content (AvgIpc) is 2.95. The first kappa shape index (κ1) is 14.4. The van der Waals surface area contributed by atoms with Crippen LogP contribution in [0.2, 0.25) is 0 Å². The average molecular weight is 298 g/mol. The zero-order valence-corrected chi connectivity index (χ0v) is 12.4. The van der Waals surface area contributed by atoms with Gasteiger partial charge in [0.05, 0.1) is 6.42 Å². The summed E-state index contributed by atoms with van der Waals surface area (Å²) in [4.78, 5) is 16.2. The Morgan fingerprint density at radius 3 is 2.95 bits per heavy atom. The molecule has 0 aliphatic carbocycles. The number of carbonyl (C=O) groups excluding carboxylic acids is 1. The van der Waals surface area contributed by atoms with Gasteiger partial charge in [0.2, 0.25) is 12.7 Å².